The van der Waals surface area contributed by atoms with Gasteiger partial charge in [0, 0.05) is 11.5 Å². The Labute approximate surface area is 216 Å². The van der Waals surface area contributed by atoms with Crippen molar-refractivity contribution in [3.8, 4) is 0 Å². The molecular weight excluding hydrogens is 549 g/mol. The number of carbonyl (C=O) groups is 1. The molecule has 198 valence electrons. The second kappa shape index (κ2) is 8.52. The van der Waals surface area contributed by atoms with E-state index in [0.29, 0.717) is 17.7 Å². The monoisotopic (exact) mass is 566 g/mol. The lowest BCUT2D eigenvalue weighted by molar-refractivity contribution is -0.269. The van der Waals surface area contributed by atoms with E-state index in [1.54, 1.807) is 4.90 Å². The Morgan fingerprint density at radius 3 is 2.19 bits per heavy atom. The number of nitrogens with one attached hydrogen (secondary N) is 1. The zero-order valence-electron chi connectivity index (χ0n) is 18.7. The van der Waals surface area contributed by atoms with Gasteiger partial charge in [-0.15, -0.1) is 0 Å². The number of carbonyl (C=O) groups excluding carboxylic acids is 1. The summed E-state index contributed by atoms with van der Waals surface area (Å²) in [5.41, 5.74) is -4.31. The Kier molecular flexibility index (Phi) is 6.02. The summed E-state index contributed by atoms with van der Waals surface area (Å²) >= 11 is 11.4. The maximum Gasteiger partial charge on any atom is 0.428 e. The molecule has 1 saturated heterocycles. The molecule has 5 rings (SSSR count). The first-order valence-electron chi connectivity index (χ1n) is 11.1. The third-order valence-corrected chi connectivity index (χ3v) is 7.53. The quantitative estimate of drug-likeness (QED) is 0.460. The number of nitrogens with zero attached hydrogens (tertiary/aromatic N) is 1. The highest BCUT2D eigenvalue weighted by Gasteiger charge is 2.60. The van der Waals surface area contributed by atoms with E-state index in [2.05, 4.69) is 5.48 Å². The number of β-amino-alcohol motifs (C(OH)–C–C–N with tert-alkyl or cyclic N) is 1. The van der Waals surface area contributed by atoms with E-state index in [0.717, 1.165) is 12.8 Å². The van der Waals surface area contributed by atoms with Crippen LogP contribution in [0.2, 0.25) is 10.0 Å². The lowest BCUT2D eigenvalue weighted by atomic mass is 9.85. The largest absolute Gasteiger partial charge is 0.428 e. The molecule has 2 heterocycles. The SMILES string of the molecule is O=C(C1CC1)N1CC(O)(c2ccc(C3=CC(c4cc(Cl)c(Cl)c(C(F)(F)F)c4)(C(F)(F)F)ON3)cc2)C1. The fourth-order valence-corrected chi connectivity index (χ4v) is 4.90. The Balaban J connectivity index is 1.44. The van der Waals surface area contributed by atoms with E-state index in [4.69, 9.17) is 28.0 Å². The van der Waals surface area contributed by atoms with Crippen LogP contribution in [0.3, 0.4) is 0 Å². The van der Waals surface area contributed by atoms with Gasteiger partial charge in [-0.25, -0.2) is 0 Å². The van der Waals surface area contributed by atoms with Gasteiger partial charge in [-0.1, -0.05) is 47.5 Å². The van der Waals surface area contributed by atoms with Crippen LogP contribution in [-0.4, -0.2) is 35.2 Å². The van der Waals surface area contributed by atoms with Gasteiger partial charge < -0.3 is 10.0 Å². The highest BCUT2D eigenvalue weighted by Crippen LogP contribution is 2.50. The van der Waals surface area contributed by atoms with Gasteiger partial charge in [0.15, 0.2) is 0 Å². The first-order valence-corrected chi connectivity index (χ1v) is 11.8. The van der Waals surface area contributed by atoms with Crippen molar-refractivity contribution >= 4 is 34.8 Å². The number of aliphatic hydroxyl groups is 1. The van der Waals surface area contributed by atoms with Crippen LogP contribution in [0.15, 0.2) is 42.5 Å². The molecule has 3 aliphatic rings. The normalized spacial score (nSPS) is 23.4. The molecule has 2 fully saturated rings. The van der Waals surface area contributed by atoms with Gasteiger partial charge in [0.2, 0.25) is 11.5 Å². The number of hydrogen-bond donors (Lipinski definition) is 2. The third-order valence-electron chi connectivity index (χ3n) is 6.73. The molecule has 0 radical (unpaired) electrons. The molecule has 1 amide bonds. The summed E-state index contributed by atoms with van der Waals surface area (Å²) in [4.78, 5) is 18.6. The molecule has 2 aromatic carbocycles. The number of halogens is 8. The lowest BCUT2D eigenvalue weighted by Crippen LogP contribution is -2.61. The first-order chi connectivity index (χ1) is 17.1. The molecule has 5 nitrogen and oxygen atoms in total. The van der Waals surface area contributed by atoms with Crippen LogP contribution in [0.5, 0.6) is 0 Å². The van der Waals surface area contributed by atoms with Crippen molar-refractivity contribution in [1.82, 2.24) is 10.4 Å². The Morgan fingerprint density at radius 2 is 1.65 bits per heavy atom. The standard InChI is InChI=1S/C24H18Cl2F6N2O3/c25-17-8-15(7-16(19(17)26)23(27,28)29)22(24(30,31)32)9-18(33-37-22)12-3-5-14(6-4-12)21(36)10-34(11-21)20(35)13-1-2-13/h3-9,13,33,36H,1-2,10-11H2. The zero-order valence-corrected chi connectivity index (χ0v) is 20.2. The molecule has 0 spiro atoms. The summed E-state index contributed by atoms with van der Waals surface area (Å²) in [7, 11) is 0. The Bertz CT molecular complexity index is 1290. The van der Waals surface area contributed by atoms with Crippen LogP contribution in [0.4, 0.5) is 26.3 Å². The molecule has 0 aromatic heterocycles. The zero-order chi connectivity index (χ0) is 27.0. The average molecular weight is 567 g/mol. The topological polar surface area (TPSA) is 61.8 Å². The van der Waals surface area contributed by atoms with Crippen LogP contribution < -0.4 is 5.48 Å². The van der Waals surface area contributed by atoms with Gasteiger partial charge in [0.1, 0.15) is 5.60 Å². The van der Waals surface area contributed by atoms with Gasteiger partial charge in [0.05, 0.1) is 34.4 Å². The van der Waals surface area contributed by atoms with Gasteiger partial charge in [-0.05, 0) is 42.2 Å². The number of amides is 1. The van der Waals surface area contributed by atoms with E-state index in [-0.39, 0.29) is 42.2 Å². The van der Waals surface area contributed by atoms with Gasteiger partial charge in [-0.3, -0.25) is 15.1 Å². The maximum atomic E-state index is 14.3. The van der Waals surface area contributed by atoms with E-state index >= 15 is 0 Å². The number of benzene rings is 2. The molecule has 2 aliphatic heterocycles. The molecule has 1 saturated carbocycles. The van der Waals surface area contributed by atoms with Crippen molar-refractivity contribution in [2.24, 2.45) is 5.92 Å². The van der Waals surface area contributed by atoms with Gasteiger partial charge >= 0.3 is 12.4 Å². The van der Waals surface area contributed by atoms with E-state index < -0.39 is 44.7 Å². The summed E-state index contributed by atoms with van der Waals surface area (Å²) in [6.07, 6.45) is -7.94. The highest BCUT2D eigenvalue weighted by atomic mass is 35.5. The molecule has 0 bridgehead atoms. The lowest BCUT2D eigenvalue weighted by Gasteiger charge is -2.47. The van der Waals surface area contributed by atoms with Crippen LogP contribution in [0, 0.1) is 5.92 Å². The predicted molar refractivity (Wildman–Crippen MR) is 121 cm³/mol. The summed E-state index contributed by atoms with van der Waals surface area (Å²) in [6, 6.07) is 6.81. The molecule has 2 N–H and O–H groups in total. The van der Waals surface area contributed by atoms with Crippen molar-refractivity contribution in [3.05, 3.63) is 74.8 Å². The average Bonchev–Trinajstić information content (AvgIpc) is 3.54. The molecule has 13 heteroatoms. The van der Waals surface area contributed by atoms with Crippen molar-refractivity contribution in [1.29, 1.82) is 0 Å². The van der Waals surface area contributed by atoms with Gasteiger partial charge in [-0.2, -0.15) is 26.3 Å². The van der Waals surface area contributed by atoms with Crippen LogP contribution in [0.1, 0.15) is 35.1 Å². The van der Waals surface area contributed by atoms with Gasteiger partial charge in [0.25, 0.3) is 0 Å². The van der Waals surface area contributed by atoms with Crippen molar-refractivity contribution in [2.75, 3.05) is 13.1 Å². The number of alkyl halides is 6. The number of rotatable bonds is 4. The Hall–Kier alpha value is -2.47. The molecule has 2 aromatic rings. The molecule has 1 atom stereocenters. The third kappa shape index (κ3) is 4.45. The van der Waals surface area contributed by atoms with Crippen LogP contribution >= 0.6 is 23.2 Å². The number of hydrogen-bond acceptors (Lipinski definition) is 4. The highest BCUT2D eigenvalue weighted by molar-refractivity contribution is 6.42. The second-order valence-electron chi connectivity index (χ2n) is 9.39. The van der Waals surface area contributed by atoms with E-state index in [9.17, 15) is 36.2 Å². The summed E-state index contributed by atoms with van der Waals surface area (Å²) in [5, 5.41) is 9.19. The fourth-order valence-electron chi connectivity index (χ4n) is 4.47. The van der Waals surface area contributed by atoms with Crippen molar-refractivity contribution < 1.29 is 41.1 Å². The maximum absolute atomic E-state index is 14.3. The molecular formula is C24H18Cl2F6N2O3. The van der Waals surface area contributed by atoms with E-state index in [1.165, 1.54) is 24.3 Å². The second-order valence-corrected chi connectivity index (χ2v) is 10.2. The number of likely N-dealkylation sites (tertiary alicyclic amines) is 1. The van der Waals surface area contributed by atoms with Crippen molar-refractivity contribution in [3.63, 3.8) is 0 Å². The minimum atomic E-state index is -5.18. The number of hydroxylamine groups is 1. The minimum Gasteiger partial charge on any atom is -0.381 e. The van der Waals surface area contributed by atoms with E-state index in [1.807, 2.05) is 0 Å². The summed E-state index contributed by atoms with van der Waals surface area (Å²) < 4.78 is 83.0. The van der Waals surface area contributed by atoms with Crippen LogP contribution in [-0.2, 0) is 27.0 Å². The molecule has 1 unspecified atom stereocenters. The minimum absolute atomic E-state index is 0.00164. The fraction of sp³-hybridized carbons (Fsp3) is 0.375. The summed E-state index contributed by atoms with van der Waals surface area (Å²) in [6.45, 7) is 0.226. The first kappa shape index (κ1) is 26.1. The van der Waals surface area contributed by atoms with Crippen LogP contribution in [0.25, 0.3) is 5.70 Å². The summed E-state index contributed by atoms with van der Waals surface area (Å²) in [5.74, 6) is 0.0159. The van der Waals surface area contributed by atoms with Crippen molar-refractivity contribution in [2.45, 2.75) is 36.4 Å². The molecule has 37 heavy (non-hydrogen) atoms. The Morgan fingerprint density at radius 1 is 1.03 bits per heavy atom. The smallest absolute Gasteiger partial charge is 0.381 e. The predicted octanol–water partition coefficient (Wildman–Crippen LogP) is 5.79. The molecule has 1 aliphatic carbocycles.